The SMILES string of the molecule is CC(C)/C(=C/c1cccc(Cl)c1Cl)[N+](=O)[O-]. The molecule has 0 bridgehead atoms. The van der Waals surface area contributed by atoms with E-state index in [1.54, 1.807) is 32.0 Å². The van der Waals surface area contributed by atoms with Crippen LogP contribution in [0.25, 0.3) is 6.08 Å². The van der Waals surface area contributed by atoms with Crippen molar-refractivity contribution in [1.29, 1.82) is 0 Å². The predicted molar refractivity (Wildman–Crippen MR) is 66.3 cm³/mol. The van der Waals surface area contributed by atoms with Gasteiger partial charge in [0, 0.05) is 17.6 Å². The predicted octanol–water partition coefficient (Wildman–Crippen LogP) is 4.27. The smallest absolute Gasteiger partial charge is 0.249 e. The Morgan fingerprint density at radius 1 is 1.44 bits per heavy atom. The number of benzene rings is 1. The third-order valence-electron chi connectivity index (χ3n) is 2.09. The minimum atomic E-state index is -0.401. The highest BCUT2D eigenvalue weighted by Crippen LogP contribution is 2.28. The van der Waals surface area contributed by atoms with Gasteiger partial charge in [0.05, 0.1) is 15.0 Å². The molecular formula is C11H11Cl2NO2. The molecule has 0 radical (unpaired) electrons. The highest BCUT2D eigenvalue weighted by molar-refractivity contribution is 6.42. The molecule has 1 rings (SSSR count). The van der Waals surface area contributed by atoms with Crippen LogP contribution in [0.4, 0.5) is 0 Å². The Hall–Kier alpha value is -1.06. The third kappa shape index (κ3) is 2.97. The summed E-state index contributed by atoms with van der Waals surface area (Å²) in [4.78, 5) is 10.4. The standard InChI is InChI=1S/C11H11Cl2NO2/c1-7(2)10(14(15)16)6-8-4-3-5-9(12)11(8)13/h3-7H,1-2H3/b10-6-. The van der Waals surface area contributed by atoms with Crippen LogP contribution in [0, 0.1) is 16.0 Å². The van der Waals surface area contributed by atoms with Crippen LogP contribution in [0.5, 0.6) is 0 Å². The van der Waals surface area contributed by atoms with Crippen molar-refractivity contribution in [1.82, 2.24) is 0 Å². The van der Waals surface area contributed by atoms with Crippen molar-refractivity contribution in [2.24, 2.45) is 5.92 Å². The summed E-state index contributed by atoms with van der Waals surface area (Å²) in [6, 6.07) is 5.04. The summed E-state index contributed by atoms with van der Waals surface area (Å²) in [6.07, 6.45) is 1.46. The van der Waals surface area contributed by atoms with Gasteiger partial charge in [0.2, 0.25) is 5.70 Å². The van der Waals surface area contributed by atoms with Gasteiger partial charge in [0.25, 0.3) is 0 Å². The lowest BCUT2D eigenvalue weighted by molar-refractivity contribution is -0.431. The molecular weight excluding hydrogens is 249 g/mol. The summed E-state index contributed by atoms with van der Waals surface area (Å²) in [7, 11) is 0. The van der Waals surface area contributed by atoms with E-state index in [0.29, 0.717) is 15.6 Å². The van der Waals surface area contributed by atoms with Gasteiger partial charge in [0.15, 0.2) is 0 Å². The first-order valence-electron chi connectivity index (χ1n) is 4.73. The fourth-order valence-electron chi connectivity index (χ4n) is 1.22. The monoisotopic (exact) mass is 259 g/mol. The van der Waals surface area contributed by atoms with Crippen molar-refractivity contribution in [2.45, 2.75) is 13.8 Å². The molecule has 0 aromatic heterocycles. The van der Waals surface area contributed by atoms with E-state index in [4.69, 9.17) is 23.2 Å². The van der Waals surface area contributed by atoms with Gasteiger partial charge in [-0.3, -0.25) is 10.1 Å². The summed E-state index contributed by atoms with van der Waals surface area (Å²) >= 11 is 11.8. The molecule has 0 amide bonds. The maximum Gasteiger partial charge on any atom is 0.249 e. The Balaban J connectivity index is 3.23. The summed E-state index contributed by atoms with van der Waals surface area (Å²) in [5, 5.41) is 11.5. The van der Waals surface area contributed by atoms with Gasteiger partial charge in [-0.2, -0.15) is 0 Å². The molecule has 1 aromatic rings. The van der Waals surface area contributed by atoms with E-state index in [1.165, 1.54) is 6.08 Å². The van der Waals surface area contributed by atoms with Gasteiger partial charge in [-0.25, -0.2) is 0 Å². The van der Waals surface area contributed by atoms with E-state index in [-0.39, 0.29) is 11.6 Å². The van der Waals surface area contributed by atoms with Crippen LogP contribution in [0.3, 0.4) is 0 Å². The molecule has 0 saturated carbocycles. The van der Waals surface area contributed by atoms with E-state index in [0.717, 1.165) is 0 Å². The van der Waals surface area contributed by atoms with Crippen LogP contribution in [-0.4, -0.2) is 4.92 Å². The molecule has 0 unspecified atom stereocenters. The number of nitro groups is 1. The van der Waals surface area contributed by atoms with E-state index >= 15 is 0 Å². The molecule has 86 valence electrons. The van der Waals surface area contributed by atoms with Gasteiger partial charge >= 0.3 is 0 Å². The van der Waals surface area contributed by atoms with Gasteiger partial charge in [0.1, 0.15) is 0 Å². The zero-order chi connectivity index (χ0) is 12.3. The minimum absolute atomic E-state index is 0.115. The van der Waals surface area contributed by atoms with Crippen LogP contribution >= 0.6 is 23.2 Å². The lowest BCUT2D eigenvalue weighted by Crippen LogP contribution is -2.05. The van der Waals surface area contributed by atoms with E-state index in [9.17, 15) is 10.1 Å². The number of allylic oxidation sites excluding steroid dienone is 1. The molecule has 0 spiro atoms. The summed E-state index contributed by atoms with van der Waals surface area (Å²) in [5.41, 5.74) is 0.679. The molecule has 0 aliphatic carbocycles. The van der Waals surface area contributed by atoms with Crippen molar-refractivity contribution in [3.8, 4) is 0 Å². The molecule has 16 heavy (non-hydrogen) atoms. The first-order valence-corrected chi connectivity index (χ1v) is 5.49. The molecule has 1 aromatic carbocycles. The van der Waals surface area contributed by atoms with Gasteiger partial charge in [-0.1, -0.05) is 49.2 Å². The second-order valence-corrected chi connectivity index (χ2v) is 4.41. The molecule has 0 fully saturated rings. The largest absolute Gasteiger partial charge is 0.259 e. The molecule has 0 saturated heterocycles. The molecule has 0 N–H and O–H groups in total. The van der Waals surface area contributed by atoms with Crippen LogP contribution in [0.15, 0.2) is 23.9 Å². The lowest BCUT2D eigenvalue weighted by atomic mass is 10.1. The summed E-state index contributed by atoms with van der Waals surface area (Å²) in [6.45, 7) is 3.51. The lowest BCUT2D eigenvalue weighted by Gasteiger charge is -2.04. The van der Waals surface area contributed by atoms with Crippen LogP contribution in [0.1, 0.15) is 19.4 Å². The Morgan fingerprint density at radius 3 is 2.56 bits per heavy atom. The number of hydrogen-bond donors (Lipinski definition) is 0. The molecule has 0 aliphatic heterocycles. The average Bonchev–Trinajstić information content (AvgIpc) is 2.19. The molecule has 0 heterocycles. The van der Waals surface area contributed by atoms with Crippen LogP contribution in [0.2, 0.25) is 10.0 Å². The fourth-order valence-corrected chi connectivity index (χ4v) is 1.58. The summed E-state index contributed by atoms with van der Waals surface area (Å²) < 4.78 is 0. The Kier molecular flexibility index (Phi) is 4.33. The molecule has 0 aliphatic rings. The average molecular weight is 260 g/mol. The molecule has 3 nitrogen and oxygen atoms in total. The third-order valence-corrected chi connectivity index (χ3v) is 2.92. The Labute approximate surface area is 104 Å². The first-order chi connectivity index (χ1) is 7.43. The van der Waals surface area contributed by atoms with Crippen molar-refractivity contribution < 1.29 is 4.92 Å². The Bertz CT molecular complexity index is 442. The van der Waals surface area contributed by atoms with Crippen molar-refractivity contribution >= 4 is 29.3 Å². The highest BCUT2D eigenvalue weighted by Gasteiger charge is 2.16. The quantitative estimate of drug-likeness (QED) is 0.601. The van der Waals surface area contributed by atoms with Crippen molar-refractivity contribution in [2.75, 3.05) is 0 Å². The van der Waals surface area contributed by atoms with E-state index in [1.807, 2.05) is 0 Å². The zero-order valence-corrected chi connectivity index (χ0v) is 10.4. The maximum atomic E-state index is 10.8. The number of hydrogen-bond acceptors (Lipinski definition) is 2. The van der Waals surface area contributed by atoms with E-state index in [2.05, 4.69) is 0 Å². The van der Waals surface area contributed by atoms with Gasteiger partial charge in [-0.15, -0.1) is 0 Å². The zero-order valence-electron chi connectivity index (χ0n) is 8.91. The minimum Gasteiger partial charge on any atom is -0.259 e. The van der Waals surface area contributed by atoms with Crippen LogP contribution < -0.4 is 0 Å². The first kappa shape index (κ1) is 13.0. The number of nitrogens with zero attached hydrogens (tertiary/aromatic N) is 1. The highest BCUT2D eigenvalue weighted by atomic mass is 35.5. The van der Waals surface area contributed by atoms with Gasteiger partial charge in [-0.05, 0) is 6.07 Å². The van der Waals surface area contributed by atoms with Gasteiger partial charge < -0.3 is 0 Å². The molecule has 5 heteroatoms. The van der Waals surface area contributed by atoms with Crippen molar-refractivity contribution in [3.05, 3.63) is 49.6 Å². The fraction of sp³-hybridized carbons (Fsp3) is 0.273. The topological polar surface area (TPSA) is 43.1 Å². The number of rotatable bonds is 3. The second-order valence-electron chi connectivity index (χ2n) is 3.62. The summed E-state index contributed by atoms with van der Waals surface area (Å²) in [5.74, 6) is -0.176. The second kappa shape index (κ2) is 5.32. The Morgan fingerprint density at radius 2 is 2.06 bits per heavy atom. The van der Waals surface area contributed by atoms with Crippen molar-refractivity contribution in [3.63, 3.8) is 0 Å². The normalized spacial score (nSPS) is 11.9. The van der Waals surface area contributed by atoms with Crippen LogP contribution in [-0.2, 0) is 0 Å². The maximum absolute atomic E-state index is 10.8. The molecule has 0 atom stereocenters. The number of halogens is 2. The van der Waals surface area contributed by atoms with E-state index < -0.39 is 4.92 Å².